The third kappa shape index (κ3) is 6.59. The van der Waals surface area contributed by atoms with Gasteiger partial charge in [0.1, 0.15) is 0 Å². The second-order valence-corrected chi connectivity index (χ2v) is 13.5. The first kappa shape index (κ1) is 29.3. The number of hydrogen-bond acceptors (Lipinski definition) is 3. The first-order valence-electron chi connectivity index (χ1n) is 15.4. The lowest BCUT2D eigenvalue weighted by Gasteiger charge is -2.37. The summed E-state index contributed by atoms with van der Waals surface area (Å²) in [7, 11) is -3.77. The van der Waals surface area contributed by atoms with Crippen LogP contribution in [0.25, 0.3) is 10.8 Å². The predicted molar refractivity (Wildman–Crippen MR) is 177 cm³/mol. The summed E-state index contributed by atoms with van der Waals surface area (Å²) in [5.41, 5.74) is 3.20. The van der Waals surface area contributed by atoms with E-state index in [1.54, 1.807) is 6.07 Å². The smallest absolute Gasteiger partial charge is 0.241 e. The van der Waals surface area contributed by atoms with Crippen molar-refractivity contribution < 1.29 is 8.42 Å². The summed E-state index contributed by atoms with van der Waals surface area (Å²) >= 11 is 0. The molecule has 5 aromatic carbocycles. The maximum atomic E-state index is 13.9. The van der Waals surface area contributed by atoms with Gasteiger partial charge in [-0.05, 0) is 79.4 Å². The molecule has 220 valence electrons. The lowest BCUT2D eigenvalue weighted by molar-refractivity contribution is 0.204. The lowest BCUT2D eigenvalue weighted by atomic mass is 9.71. The van der Waals surface area contributed by atoms with Gasteiger partial charge >= 0.3 is 0 Å². The molecule has 0 amide bonds. The average Bonchev–Trinajstić information content (AvgIpc) is 3.07. The highest BCUT2D eigenvalue weighted by Gasteiger charge is 2.36. The second kappa shape index (κ2) is 13.3. The molecule has 0 saturated carbocycles. The molecule has 0 atom stereocenters. The van der Waals surface area contributed by atoms with Gasteiger partial charge in [-0.25, -0.2) is 13.1 Å². The van der Waals surface area contributed by atoms with E-state index in [0.717, 1.165) is 54.4 Å². The summed E-state index contributed by atoms with van der Waals surface area (Å²) in [5.74, 6) is 0.633. The van der Waals surface area contributed by atoms with Crippen LogP contribution in [0.4, 0.5) is 0 Å². The minimum atomic E-state index is -3.77. The van der Waals surface area contributed by atoms with E-state index in [4.69, 9.17) is 0 Å². The quantitative estimate of drug-likeness (QED) is 0.172. The van der Waals surface area contributed by atoms with Crippen LogP contribution in [0.2, 0.25) is 0 Å². The number of sulfonamides is 1. The Bertz CT molecular complexity index is 1670. The van der Waals surface area contributed by atoms with Crippen LogP contribution in [0.5, 0.6) is 0 Å². The van der Waals surface area contributed by atoms with Crippen molar-refractivity contribution in [3.8, 4) is 0 Å². The number of rotatable bonds is 11. The molecular weight excluding hydrogens is 548 g/mol. The van der Waals surface area contributed by atoms with Gasteiger partial charge in [0.25, 0.3) is 0 Å². The SMILES string of the molecule is O=S(=O)(NCC(CCCN1CCC(c2ccccc2)CC1)(c1ccccc1)c1ccccc1)c1cccc2ccccc12. The zero-order chi connectivity index (χ0) is 29.5. The lowest BCUT2D eigenvalue weighted by Crippen LogP contribution is -2.42. The molecule has 0 spiro atoms. The van der Waals surface area contributed by atoms with Gasteiger partial charge in [0.05, 0.1) is 4.90 Å². The Morgan fingerprint density at radius 2 is 1.23 bits per heavy atom. The fourth-order valence-electron chi connectivity index (χ4n) is 6.81. The van der Waals surface area contributed by atoms with Gasteiger partial charge in [-0.3, -0.25) is 0 Å². The van der Waals surface area contributed by atoms with Gasteiger partial charge in [-0.15, -0.1) is 0 Å². The van der Waals surface area contributed by atoms with Crippen LogP contribution in [0, 0.1) is 0 Å². The van der Waals surface area contributed by atoms with Gasteiger partial charge in [0, 0.05) is 17.3 Å². The molecule has 1 N–H and O–H groups in total. The minimum absolute atomic E-state index is 0.280. The van der Waals surface area contributed by atoms with Crippen LogP contribution in [0.15, 0.2) is 138 Å². The Morgan fingerprint density at radius 3 is 1.88 bits per heavy atom. The maximum Gasteiger partial charge on any atom is 0.241 e. The normalized spacial score (nSPS) is 15.1. The Kier molecular flexibility index (Phi) is 9.03. The van der Waals surface area contributed by atoms with E-state index in [9.17, 15) is 8.42 Å². The molecule has 1 saturated heterocycles. The highest BCUT2D eigenvalue weighted by molar-refractivity contribution is 7.89. The van der Waals surface area contributed by atoms with Crippen molar-refractivity contribution in [1.82, 2.24) is 9.62 Å². The molecular formula is C38H40N2O2S. The van der Waals surface area contributed by atoms with Crippen LogP contribution in [-0.2, 0) is 15.4 Å². The highest BCUT2D eigenvalue weighted by atomic mass is 32.2. The summed E-state index contributed by atoms with van der Waals surface area (Å²) in [6, 6.07) is 44.9. The van der Waals surface area contributed by atoms with Crippen molar-refractivity contribution >= 4 is 20.8 Å². The van der Waals surface area contributed by atoms with Gasteiger partial charge < -0.3 is 4.90 Å². The second-order valence-electron chi connectivity index (χ2n) is 11.7. The number of fused-ring (bicyclic) bond motifs is 1. The number of likely N-dealkylation sites (tertiary alicyclic amines) is 1. The Hall–Kier alpha value is -3.77. The molecule has 0 aliphatic carbocycles. The summed E-state index contributed by atoms with van der Waals surface area (Å²) in [5, 5.41) is 1.65. The van der Waals surface area contributed by atoms with Crippen LogP contribution in [0.3, 0.4) is 0 Å². The van der Waals surface area contributed by atoms with E-state index in [1.807, 2.05) is 48.5 Å². The fraction of sp³-hybridized carbons (Fsp3) is 0.263. The number of hydrogen-bond donors (Lipinski definition) is 1. The Balaban J connectivity index is 1.24. The topological polar surface area (TPSA) is 49.4 Å². The van der Waals surface area contributed by atoms with Gasteiger partial charge in [-0.1, -0.05) is 127 Å². The van der Waals surface area contributed by atoms with Crippen molar-refractivity contribution in [2.45, 2.75) is 41.9 Å². The standard InChI is InChI=1S/C38H40N2O2S/c41-43(42,37-23-12-17-33-16-10-11-22-36(33)37)39-30-38(34-18-6-2-7-19-34,35-20-8-3-9-21-35)26-13-27-40-28-24-32(25-29-40)31-14-4-1-5-15-31/h1-12,14-23,32,39H,13,24-30H2. The number of nitrogens with zero attached hydrogens (tertiary/aromatic N) is 1. The monoisotopic (exact) mass is 588 g/mol. The summed E-state index contributed by atoms with van der Waals surface area (Å²) in [6.07, 6.45) is 4.15. The van der Waals surface area contributed by atoms with E-state index < -0.39 is 15.4 Å². The number of nitrogens with one attached hydrogen (secondary N) is 1. The van der Waals surface area contributed by atoms with E-state index in [-0.39, 0.29) is 6.54 Å². The van der Waals surface area contributed by atoms with E-state index in [2.05, 4.69) is 88.5 Å². The zero-order valence-corrected chi connectivity index (χ0v) is 25.4. The first-order valence-corrected chi connectivity index (χ1v) is 16.9. The van der Waals surface area contributed by atoms with Gasteiger partial charge in [0.2, 0.25) is 10.0 Å². The maximum absolute atomic E-state index is 13.9. The van der Waals surface area contributed by atoms with Crippen LogP contribution in [0.1, 0.15) is 48.3 Å². The van der Waals surface area contributed by atoms with Crippen molar-refractivity contribution in [1.29, 1.82) is 0 Å². The third-order valence-corrected chi connectivity index (χ3v) is 10.7. The van der Waals surface area contributed by atoms with Crippen LogP contribution in [-0.4, -0.2) is 39.5 Å². The molecule has 0 unspecified atom stereocenters. The van der Waals surface area contributed by atoms with E-state index in [1.165, 1.54) is 18.4 Å². The molecule has 0 aromatic heterocycles. The van der Waals surface area contributed by atoms with Gasteiger partial charge in [0.15, 0.2) is 0 Å². The number of benzene rings is 5. The largest absolute Gasteiger partial charge is 0.303 e. The summed E-state index contributed by atoms with van der Waals surface area (Å²) in [4.78, 5) is 2.91. The Morgan fingerprint density at radius 1 is 0.674 bits per heavy atom. The van der Waals surface area contributed by atoms with Crippen molar-refractivity contribution in [3.05, 3.63) is 150 Å². The summed E-state index contributed by atoms with van der Waals surface area (Å²) in [6.45, 7) is 3.47. The van der Waals surface area contributed by atoms with Crippen LogP contribution >= 0.6 is 0 Å². The molecule has 1 heterocycles. The zero-order valence-electron chi connectivity index (χ0n) is 24.6. The predicted octanol–water partition coefficient (Wildman–Crippen LogP) is 7.76. The highest BCUT2D eigenvalue weighted by Crippen LogP contribution is 2.38. The van der Waals surface area contributed by atoms with Gasteiger partial charge in [-0.2, -0.15) is 0 Å². The minimum Gasteiger partial charge on any atom is -0.303 e. The van der Waals surface area contributed by atoms with E-state index in [0.29, 0.717) is 10.8 Å². The molecule has 1 aliphatic rings. The Labute approximate surface area is 256 Å². The molecule has 0 bridgehead atoms. The number of piperidine rings is 1. The first-order chi connectivity index (χ1) is 21.1. The van der Waals surface area contributed by atoms with Crippen molar-refractivity contribution in [2.24, 2.45) is 0 Å². The van der Waals surface area contributed by atoms with Crippen molar-refractivity contribution in [2.75, 3.05) is 26.2 Å². The molecule has 43 heavy (non-hydrogen) atoms. The molecule has 6 rings (SSSR count). The van der Waals surface area contributed by atoms with Crippen LogP contribution < -0.4 is 4.72 Å². The molecule has 1 fully saturated rings. The third-order valence-electron chi connectivity index (χ3n) is 9.19. The molecule has 5 aromatic rings. The molecule has 4 nitrogen and oxygen atoms in total. The fourth-order valence-corrected chi connectivity index (χ4v) is 8.13. The summed E-state index contributed by atoms with van der Waals surface area (Å²) < 4.78 is 30.9. The molecule has 1 aliphatic heterocycles. The van der Waals surface area contributed by atoms with E-state index >= 15 is 0 Å². The molecule has 5 heteroatoms. The average molecular weight is 589 g/mol. The molecule has 0 radical (unpaired) electrons. The van der Waals surface area contributed by atoms with Crippen molar-refractivity contribution in [3.63, 3.8) is 0 Å².